The smallest absolute Gasteiger partial charge is 0.197 e. The maximum Gasteiger partial charge on any atom is 0.197 e. The molecule has 0 bridgehead atoms. The van der Waals surface area contributed by atoms with Crippen molar-refractivity contribution in [2.45, 2.75) is 37.5 Å². The molecule has 0 atom stereocenters. The van der Waals surface area contributed by atoms with Gasteiger partial charge in [-0.25, -0.2) is 17.6 Å². The first-order valence-corrected chi connectivity index (χ1v) is 15.6. The Labute approximate surface area is 255 Å². The first-order chi connectivity index (χ1) is 21.1. The third-order valence-corrected chi connectivity index (χ3v) is 11.4. The van der Waals surface area contributed by atoms with Gasteiger partial charge >= 0.3 is 0 Å². The topological polar surface area (TPSA) is 68.3 Å². The number of fused-ring (bicyclic) bond motifs is 7. The van der Waals surface area contributed by atoms with Gasteiger partial charge in [0.1, 0.15) is 0 Å². The number of rotatable bonds is 2. The molecule has 1 fully saturated rings. The number of carbonyl (C=O) groups excluding carboxylic acids is 4. The molecule has 1 saturated carbocycles. The molecule has 0 unspecified atom stereocenters. The lowest BCUT2D eigenvalue weighted by Gasteiger charge is -2.34. The van der Waals surface area contributed by atoms with Gasteiger partial charge in [0.25, 0.3) is 0 Å². The molecule has 4 aromatic rings. The van der Waals surface area contributed by atoms with E-state index in [1.54, 1.807) is 0 Å². The van der Waals surface area contributed by atoms with Crippen molar-refractivity contribution in [3.05, 3.63) is 114 Å². The van der Waals surface area contributed by atoms with E-state index in [0.29, 0.717) is 9.75 Å². The van der Waals surface area contributed by atoms with Gasteiger partial charge in [0, 0.05) is 47.2 Å². The number of hydrogen-bond donors (Lipinski definition) is 0. The molecule has 44 heavy (non-hydrogen) atoms. The highest BCUT2D eigenvalue weighted by atomic mass is 32.1. The summed E-state index contributed by atoms with van der Waals surface area (Å²) in [6.07, 6.45) is 7.78. The summed E-state index contributed by atoms with van der Waals surface area (Å²) in [5.41, 5.74) is 0.938. The van der Waals surface area contributed by atoms with Gasteiger partial charge in [-0.2, -0.15) is 0 Å². The molecule has 0 N–H and O–H groups in total. The summed E-state index contributed by atoms with van der Waals surface area (Å²) in [6, 6.07) is 7.01. The van der Waals surface area contributed by atoms with Crippen LogP contribution in [0.3, 0.4) is 0 Å². The zero-order valence-electron chi connectivity index (χ0n) is 22.6. The van der Waals surface area contributed by atoms with Crippen molar-refractivity contribution in [1.29, 1.82) is 0 Å². The number of hydrogen-bond acceptors (Lipinski definition) is 6. The Kier molecular flexibility index (Phi) is 5.80. The Morgan fingerprint density at radius 2 is 0.864 bits per heavy atom. The van der Waals surface area contributed by atoms with E-state index in [9.17, 15) is 36.7 Å². The minimum atomic E-state index is -1.19. The number of ketones is 4. The van der Waals surface area contributed by atoms with Crippen LogP contribution in [-0.2, 0) is 5.41 Å². The third kappa shape index (κ3) is 3.67. The van der Waals surface area contributed by atoms with Crippen LogP contribution in [-0.4, -0.2) is 23.1 Å². The van der Waals surface area contributed by atoms with Crippen LogP contribution in [0.5, 0.6) is 0 Å². The van der Waals surface area contributed by atoms with Gasteiger partial charge in [-0.05, 0) is 72.5 Å². The normalized spacial score (nSPS) is 17.8. The van der Waals surface area contributed by atoms with E-state index in [-0.39, 0.29) is 38.8 Å². The zero-order chi connectivity index (χ0) is 30.7. The maximum absolute atomic E-state index is 13.8. The largest absolute Gasteiger partial charge is 0.288 e. The summed E-state index contributed by atoms with van der Waals surface area (Å²) < 4.78 is 55.3. The van der Waals surface area contributed by atoms with E-state index >= 15 is 0 Å². The average molecular weight is 631 g/mol. The fourth-order valence-electron chi connectivity index (χ4n) is 7.03. The first kappa shape index (κ1) is 27.3. The summed E-state index contributed by atoms with van der Waals surface area (Å²) in [4.78, 5) is 55.3. The lowest BCUT2D eigenvalue weighted by molar-refractivity contribution is 0.0975. The number of allylic oxidation sites excluding steroid dienone is 2. The second kappa shape index (κ2) is 9.36. The lowest BCUT2D eigenvalue weighted by atomic mass is 9.68. The molecule has 2 heterocycles. The van der Waals surface area contributed by atoms with Gasteiger partial charge in [-0.3, -0.25) is 19.2 Å². The molecule has 4 aliphatic rings. The fourth-order valence-corrected chi connectivity index (χ4v) is 9.59. The quantitative estimate of drug-likeness (QED) is 0.127. The minimum absolute atomic E-state index is 0.148. The molecule has 2 aromatic carbocycles. The van der Waals surface area contributed by atoms with Gasteiger partial charge in [-0.15, -0.1) is 22.7 Å². The van der Waals surface area contributed by atoms with Crippen molar-refractivity contribution in [3.63, 3.8) is 0 Å². The molecule has 0 radical (unpaired) electrons. The maximum atomic E-state index is 13.8. The summed E-state index contributed by atoms with van der Waals surface area (Å²) >= 11 is 2.80. The molecule has 8 rings (SSSR count). The van der Waals surface area contributed by atoms with Crippen LogP contribution in [0.15, 0.2) is 47.5 Å². The molecule has 4 aliphatic carbocycles. The fraction of sp³-hybridized carbons (Fsp3) is 0.176. The summed E-state index contributed by atoms with van der Waals surface area (Å²) in [6.45, 7) is 0. The highest BCUT2D eigenvalue weighted by molar-refractivity contribution is 7.23. The Hall–Kier alpha value is -4.28. The van der Waals surface area contributed by atoms with E-state index in [1.165, 1.54) is 34.8 Å². The van der Waals surface area contributed by atoms with Gasteiger partial charge in [0.2, 0.25) is 0 Å². The van der Waals surface area contributed by atoms with Gasteiger partial charge in [0.05, 0.1) is 11.1 Å². The molecule has 0 saturated heterocycles. The Morgan fingerprint density at radius 3 is 1.20 bits per heavy atom. The molecular weight excluding hydrogens is 612 g/mol. The second-order valence-corrected chi connectivity index (χ2v) is 13.6. The second-order valence-electron chi connectivity index (χ2n) is 11.5. The van der Waals surface area contributed by atoms with Crippen molar-refractivity contribution in [1.82, 2.24) is 0 Å². The van der Waals surface area contributed by atoms with E-state index < -0.39 is 46.4 Å². The van der Waals surface area contributed by atoms with Crippen LogP contribution in [0.1, 0.15) is 94.4 Å². The van der Waals surface area contributed by atoms with Crippen LogP contribution in [0.4, 0.5) is 17.6 Å². The summed E-state index contributed by atoms with van der Waals surface area (Å²) in [7, 11) is 0. The molecule has 0 amide bonds. The highest BCUT2D eigenvalue weighted by Gasteiger charge is 2.47. The number of benzene rings is 2. The Morgan fingerprint density at radius 1 is 0.523 bits per heavy atom. The number of carbonyl (C=O) groups is 4. The zero-order valence-corrected chi connectivity index (χ0v) is 24.2. The van der Waals surface area contributed by atoms with E-state index in [1.807, 2.05) is 12.1 Å². The molecule has 10 heteroatoms. The van der Waals surface area contributed by atoms with E-state index in [4.69, 9.17) is 0 Å². The van der Waals surface area contributed by atoms with Crippen molar-refractivity contribution < 1.29 is 36.7 Å². The minimum Gasteiger partial charge on any atom is -0.288 e. The van der Waals surface area contributed by atoms with E-state index in [0.717, 1.165) is 77.3 Å². The van der Waals surface area contributed by atoms with Crippen molar-refractivity contribution in [2.24, 2.45) is 0 Å². The third-order valence-electron chi connectivity index (χ3n) is 9.10. The van der Waals surface area contributed by atoms with Crippen LogP contribution in [0.25, 0.3) is 21.9 Å². The van der Waals surface area contributed by atoms with Crippen molar-refractivity contribution >= 4 is 58.0 Å². The van der Waals surface area contributed by atoms with Gasteiger partial charge in [-0.1, -0.05) is 19.3 Å². The van der Waals surface area contributed by atoms with Crippen LogP contribution < -0.4 is 0 Å². The number of thiophene rings is 2. The predicted octanol–water partition coefficient (Wildman–Crippen LogP) is 8.52. The van der Waals surface area contributed by atoms with Crippen LogP contribution in [0, 0.1) is 23.3 Å². The van der Waals surface area contributed by atoms with Crippen LogP contribution >= 0.6 is 22.7 Å². The number of halogens is 4. The SMILES string of the molecule is O=C1C(=Cc2cc3c(s2)-c2sc(C=C4C(=O)c5cc(F)c(F)cc5C4=O)cc2C32CCCCC2)C(=O)c2cc(F)c(F)cc21. The van der Waals surface area contributed by atoms with E-state index in [2.05, 4.69) is 0 Å². The Bertz CT molecular complexity index is 1890. The molecule has 0 aliphatic heterocycles. The first-order valence-electron chi connectivity index (χ1n) is 14.0. The number of Topliss-reactive ketones (excluding diaryl/α,β-unsaturated/α-hetero) is 4. The molecule has 2 aromatic heterocycles. The van der Waals surface area contributed by atoms with Gasteiger partial charge < -0.3 is 0 Å². The van der Waals surface area contributed by atoms with Gasteiger partial charge in [0.15, 0.2) is 46.4 Å². The highest BCUT2D eigenvalue weighted by Crippen LogP contribution is 2.61. The molecular formula is C34H18F4O4S2. The van der Waals surface area contributed by atoms with Crippen LogP contribution in [0.2, 0.25) is 0 Å². The summed E-state index contributed by atoms with van der Waals surface area (Å²) in [5.74, 6) is -7.38. The average Bonchev–Trinajstić information content (AvgIpc) is 3.77. The van der Waals surface area contributed by atoms with Crippen molar-refractivity contribution in [3.8, 4) is 9.75 Å². The molecule has 218 valence electrons. The standard InChI is InChI=1S/C34H18F4O4S2/c35-24-10-16-17(11-25(24)36)29(40)20(28(16)39)6-14-8-22-32(43-14)33-23(34(22)4-2-1-3-5-34)9-15(44-33)7-21-30(41)18-12-26(37)27(38)13-19(18)31(21)42/h6-13H,1-5H2. The lowest BCUT2D eigenvalue weighted by Crippen LogP contribution is -2.27. The molecule has 1 spiro atoms. The predicted molar refractivity (Wildman–Crippen MR) is 157 cm³/mol. The molecule has 4 nitrogen and oxygen atoms in total. The van der Waals surface area contributed by atoms with Crippen molar-refractivity contribution in [2.75, 3.05) is 0 Å². The Balaban J connectivity index is 1.21. The monoisotopic (exact) mass is 630 g/mol. The summed E-state index contributed by atoms with van der Waals surface area (Å²) in [5, 5.41) is 0.